The van der Waals surface area contributed by atoms with Gasteiger partial charge in [0, 0.05) is 0 Å². The summed E-state index contributed by atoms with van der Waals surface area (Å²) >= 11 is 0. The van der Waals surface area contributed by atoms with Gasteiger partial charge in [0.1, 0.15) is 0 Å². The number of benzene rings is 1. The van der Waals surface area contributed by atoms with Crippen LogP contribution in [0.15, 0.2) is 30.3 Å². The summed E-state index contributed by atoms with van der Waals surface area (Å²) in [5.74, 6) is 0. The van der Waals surface area contributed by atoms with Crippen molar-refractivity contribution in [1.29, 1.82) is 0 Å². The van der Waals surface area contributed by atoms with Crippen LogP contribution in [0.3, 0.4) is 0 Å². The fraction of sp³-hybridized carbons (Fsp3) is 0.333. The molecule has 0 atom stereocenters. The first-order valence-electron chi connectivity index (χ1n) is 3.84. The topological polar surface area (TPSA) is 52.0 Å². The molecule has 0 aliphatic carbocycles. The van der Waals surface area contributed by atoms with E-state index in [1.165, 1.54) is 5.56 Å². The maximum atomic E-state index is 5.42. The van der Waals surface area contributed by atoms with Gasteiger partial charge in [-0.25, -0.2) is 0 Å². The summed E-state index contributed by atoms with van der Waals surface area (Å²) in [5, 5.41) is 0. The summed E-state index contributed by atoms with van der Waals surface area (Å²) in [6.45, 7) is 0. The van der Waals surface area contributed by atoms with E-state index in [1.807, 2.05) is 18.2 Å². The Kier molecular flexibility index (Phi) is 3.08. The summed E-state index contributed by atoms with van der Waals surface area (Å²) < 4.78 is 0. The molecular weight excluding hydrogens is 136 g/mol. The standard InChI is InChI=1S/C9H14N2/c10-9(11)7-6-8-4-2-1-3-5-8/h1-5,9H,6-7,10-11H2. The van der Waals surface area contributed by atoms with Gasteiger partial charge in [-0.15, -0.1) is 0 Å². The minimum atomic E-state index is -0.185. The molecule has 0 aliphatic heterocycles. The van der Waals surface area contributed by atoms with Crippen molar-refractivity contribution in [3.8, 4) is 0 Å². The number of hydrogen-bond acceptors (Lipinski definition) is 2. The molecule has 2 heteroatoms. The Morgan fingerprint density at radius 2 is 1.73 bits per heavy atom. The zero-order valence-corrected chi connectivity index (χ0v) is 6.53. The van der Waals surface area contributed by atoms with Crippen molar-refractivity contribution in [3.63, 3.8) is 0 Å². The number of hydrogen-bond donors (Lipinski definition) is 2. The van der Waals surface area contributed by atoms with Crippen molar-refractivity contribution in [2.45, 2.75) is 19.0 Å². The molecule has 0 saturated heterocycles. The second kappa shape index (κ2) is 4.11. The minimum Gasteiger partial charge on any atom is -0.316 e. The van der Waals surface area contributed by atoms with Crippen molar-refractivity contribution in [2.24, 2.45) is 11.5 Å². The molecule has 0 fully saturated rings. The Morgan fingerprint density at radius 3 is 2.27 bits per heavy atom. The van der Waals surface area contributed by atoms with Crippen LogP contribution in [0.5, 0.6) is 0 Å². The van der Waals surface area contributed by atoms with E-state index >= 15 is 0 Å². The highest BCUT2D eigenvalue weighted by Crippen LogP contribution is 2.01. The van der Waals surface area contributed by atoms with Crippen molar-refractivity contribution < 1.29 is 0 Å². The molecule has 0 amide bonds. The second-order valence-corrected chi connectivity index (χ2v) is 2.69. The molecule has 0 bridgehead atoms. The molecule has 2 nitrogen and oxygen atoms in total. The maximum Gasteiger partial charge on any atom is 0.0524 e. The fourth-order valence-corrected chi connectivity index (χ4v) is 0.978. The van der Waals surface area contributed by atoms with Crippen LogP contribution in [0.1, 0.15) is 12.0 Å². The normalized spacial score (nSPS) is 10.5. The fourth-order valence-electron chi connectivity index (χ4n) is 0.978. The highest BCUT2D eigenvalue weighted by Gasteiger charge is 1.94. The van der Waals surface area contributed by atoms with Crippen LogP contribution in [0.4, 0.5) is 0 Å². The summed E-state index contributed by atoms with van der Waals surface area (Å²) in [6, 6.07) is 10.2. The van der Waals surface area contributed by atoms with Gasteiger partial charge >= 0.3 is 0 Å². The first kappa shape index (κ1) is 8.24. The maximum absolute atomic E-state index is 5.42. The minimum absolute atomic E-state index is 0.185. The van der Waals surface area contributed by atoms with Gasteiger partial charge in [0.05, 0.1) is 6.17 Å². The van der Waals surface area contributed by atoms with Crippen LogP contribution in [0.25, 0.3) is 0 Å². The van der Waals surface area contributed by atoms with E-state index < -0.39 is 0 Å². The van der Waals surface area contributed by atoms with E-state index in [2.05, 4.69) is 12.1 Å². The number of aryl methyl sites for hydroxylation is 1. The van der Waals surface area contributed by atoms with Crippen LogP contribution < -0.4 is 11.5 Å². The van der Waals surface area contributed by atoms with E-state index in [9.17, 15) is 0 Å². The van der Waals surface area contributed by atoms with Gasteiger partial charge in [0.25, 0.3) is 0 Å². The third-order valence-electron chi connectivity index (χ3n) is 1.61. The van der Waals surface area contributed by atoms with Crippen molar-refractivity contribution in [2.75, 3.05) is 0 Å². The Labute approximate surface area is 67.2 Å². The van der Waals surface area contributed by atoms with Crippen molar-refractivity contribution in [1.82, 2.24) is 0 Å². The molecule has 1 aromatic rings. The lowest BCUT2D eigenvalue weighted by Crippen LogP contribution is -2.30. The third kappa shape index (κ3) is 3.16. The molecule has 0 saturated carbocycles. The summed E-state index contributed by atoms with van der Waals surface area (Å²) in [7, 11) is 0. The Hall–Kier alpha value is -0.860. The van der Waals surface area contributed by atoms with Crippen LogP contribution in [-0.4, -0.2) is 6.17 Å². The SMILES string of the molecule is NC(N)CCc1ccccc1. The number of nitrogens with two attached hydrogens (primary N) is 2. The Morgan fingerprint density at radius 1 is 1.09 bits per heavy atom. The van der Waals surface area contributed by atoms with Gasteiger partial charge in [-0.05, 0) is 18.4 Å². The van der Waals surface area contributed by atoms with Crippen LogP contribution >= 0.6 is 0 Å². The molecule has 0 heterocycles. The molecule has 0 aliphatic rings. The van der Waals surface area contributed by atoms with Crippen molar-refractivity contribution >= 4 is 0 Å². The van der Waals surface area contributed by atoms with Gasteiger partial charge < -0.3 is 11.5 Å². The lowest BCUT2D eigenvalue weighted by atomic mass is 10.1. The first-order valence-corrected chi connectivity index (χ1v) is 3.84. The highest BCUT2D eigenvalue weighted by atomic mass is 14.8. The molecule has 4 N–H and O–H groups in total. The van der Waals surface area contributed by atoms with E-state index in [4.69, 9.17) is 11.5 Å². The van der Waals surface area contributed by atoms with Crippen molar-refractivity contribution in [3.05, 3.63) is 35.9 Å². The molecule has 0 spiro atoms. The number of rotatable bonds is 3. The quantitative estimate of drug-likeness (QED) is 0.628. The predicted octanol–water partition coefficient (Wildman–Crippen LogP) is 0.863. The van der Waals surface area contributed by atoms with Crippen LogP contribution in [0.2, 0.25) is 0 Å². The molecule has 0 unspecified atom stereocenters. The van der Waals surface area contributed by atoms with Gasteiger partial charge in [0.15, 0.2) is 0 Å². The van der Waals surface area contributed by atoms with Gasteiger partial charge in [-0.2, -0.15) is 0 Å². The molecule has 0 radical (unpaired) electrons. The van der Waals surface area contributed by atoms with E-state index in [1.54, 1.807) is 0 Å². The average Bonchev–Trinajstić information content (AvgIpc) is 2.03. The lowest BCUT2D eigenvalue weighted by Gasteiger charge is -2.03. The summed E-state index contributed by atoms with van der Waals surface area (Å²) in [5.41, 5.74) is 12.1. The van der Waals surface area contributed by atoms with E-state index in [0.29, 0.717) is 0 Å². The van der Waals surface area contributed by atoms with Gasteiger partial charge in [0.2, 0.25) is 0 Å². The molecule has 1 aromatic carbocycles. The highest BCUT2D eigenvalue weighted by molar-refractivity contribution is 5.14. The van der Waals surface area contributed by atoms with Crippen LogP contribution in [-0.2, 0) is 6.42 Å². The first-order chi connectivity index (χ1) is 5.29. The molecule has 11 heavy (non-hydrogen) atoms. The second-order valence-electron chi connectivity index (χ2n) is 2.69. The summed E-state index contributed by atoms with van der Waals surface area (Å²) in [4.78, 5) is 0. The molecular formula is C9H14N2. The van der Waals surface area contributed by atoms with E-state index in [-0.39, 0.29) is 6.17 Å². The largest absolute Gasteiger partial charge is 0.316 e. The van der Waals surface area contributed by atoms with Gasteiger partial charge in [-0.3, -0.25) is 0 Å². The van der Waals surface area contributed by atoms with E-state index in [0.717, 1.165) is 12.8 Å². The Balaban J connectivity index is 2.39. The molecule has 0 aromatic heterocycles. The lowest BCUT2D eigenvalue weighted by molar-refractivity contribution is 0.639. The zero-order chi connectivity index (χ0) is 8.10. The summed E-state index contributed by atoms with van der Waals surface area (Å²) in [6.07, 6.45) is 1.64. The zero-order valence-electron chi connectivity index (χ0n) is 6.53. The average molecular weight is 150 g/mol. The third-order valence-corrected chi connectivity index (χ3v) is 1.61. The van der Waals surface area contributed by atoms with Crippen LogP contribution in [0, 0.1) is 0 Å². The molecule has 1 rings (SSSR count). The monoisotopic (exact) mass is 150 g/mol. The Bertz CT molecular complexity index is 194. The molecule has 60 valence electrons. The predicted molar refractivity (Wildman–Crippen MR) is 46.9 cm³/mol. The van der Waals surface area contributed by atoms with Gasteiger partial charge in [-0.1, -0.05) is 30.3 Å². The smallest absolute Gasteiger partial charge is 0.0524 e.